The van der Waals surface area contributed by atoms with Gasteiger partial charge >= 0.3 is 0 Å². The maximum absolute atomic E-state index is 13.0. The van der Waals surface area contributed by atoms with Crippen molar-refractivity contribution >= 4 is 40.0 Å². The lowest BCUT2D eigenvalue weighted by atomic mass is 9.89. The van der Waals surface area contributed by atoms with Crippen molar-refractivity contribution in [1.29, 1.82) is 0 Å². The number of rotatable bonds is 3. The van der Waals surface area contributed by atoms with Crippen LogP contribution in [0.4, 0.5) is 5.95 Å². The molecule has 0 unspecified atom stereocenters. The van der Waals surface area contributed by atoms with Gasteiger partial charge < -0.3 is 9.80 Å². The molecule has 1 saturated heterocycles. The van der Waals surface area contributed by atoms with Gasteiger partial charge in [0, 0.05) is 48.4 Å². The zero-order valence-electron chi connectivity index (χ0n) is 20.7. The molecular weight excluding hydrogens is 448 g/mol. The van der Waals surface area contributed by atoms with Gasteiger partial charge in [-0.25, -0.2) is 9.38 Å². The summed E-state index contributed by atoms with van der Waals surface area (Å²) < 4.78 is 2.19. The molecule has 1 aliphatic carbocycles. The molecule has 0 spiro atoms. The van der Waals surface area contributed by atoms with Crippen molar-refractivity contribution in [3.05, 3.63) is 29.0 Å². The third-order valence-corrected chi connectivity index (χ3v) is 7.43. The summed E-state index contributed by atoms with van der Waals surface area (Å²) >= 11 is 6.32. The van der Waals surface area contributed by atoms with Crippen molar-refractivity contribution < 1.29 is 4.79 Å². The maximum atomic E-state index is 13.0. The third-order valence-electron chi connectivity index (χ3n) is 7.19. The van der Waals surface area contributed by atoms with Crippen LogP contribution in [0.1, 0.15) is 78.0 Å². The summed E-state index contributed by atoms with van der Waals surface area (Å²) in [7, 11) is 0. The number of halogens is 1. The van der Waals surface area contributed by atoms with Crippen LogP contribution in [0.3, 0.4) is 0 Å². The topological polar surface area (TPSA) is 66.6 Å². The van der Waals surface area contributed by atoms with Gasteiger partial charge in [-0.3, -0.25) is 4.79 Å². The Kier molecular flexibility index (Phi) is 6.17. The first-order chi connectivity index (χ1) is 16.2. The lowest BCUT2D eigenvalue weighted by molar-refractivity contribution is -0.135. The first kappa shape index (κ1) is 23.3. The lowest BCUT2D eigenvalue weighted by Gasteiger charge is -2.41. The molecule has 1 saturated carbocycles. The Bertz CT molecular complexity index is 1210. The van der Waals surface area contributed by atoms with Crippen molar-refractivity contribution in [2.45, 2.75) is 78.2 Å². The number of amides is 1. The highest BCUT2D eigenvalue weighted by Crippen LogP contribution is 2.35. The number of carbonyl (C=O) groups excluding carboxylic acids is 1. The molecule has 3 heterocycles. The summed E-state index contributed by atoms with van der Waals surface area (Å²) in [6.07, 6.45) is 6.61. The SMILES string of the molecule is C[C@H]1CN(c2nc3cc(Cl)ccc3c3nnc(C4CCCCC4)n23)CCN1C(=O)CC(C)(C)C. The molecule has 34 heavy (non-hydrogen) atoms. The molecule has 1 atom stereocenters. The first-order valence-corrected chi connectivity index (χ1v) is 13.0. The van der Waals surface area contributed by atoms with Gasteiger partial charge in [0.2, 0.25) is 11.9 Å². The molecule has 182 valence electrons. The fourth-order valence-electron chi connectivity index (χ4n) is 5.51. The van der Waals surface area contributed by atoms with E-state index >= 15 is 0 Å². The number of hydrogen-bond donors (Lipinski definition) is 0. The Morgan fingerprint density at radius 3 is 2.59 bits per heavy atom. The number of nitrogens with zero attached hydrogens (tertiary/aromatic N) is 6. The molecule has 2 aliphatic rings. The van der Waals surface area contributed by atoms with Gasteiger partial charge in [0.1, 0.15) is 5.82 Å². The molecule has 0 N–H and O–H groups in total. The number of benzene rings is 1. The van der Waals surface area contributed by atoms with E-state index in [1.807, 2.05) is 23.1 Å². The molecule has 8 heteroatoms. The fraction of sp³-hybridized carbons (Fsp3) is 0.615. The van der Waals surface area contributed by atoms with Gasteiger partial charge in [0.05, 0.1) is 5.52 Å². The minimum Gasteiger partial charge on any atom is -0.338 e. The Hall–Kier alpha value is -2.41. The molecule has 7 nitrogen and oxygen atoms in total. The minimum absolute atomic E-state index is 0.0172. The largest absolute Gasteiger partial charge is 0.338 e. The number of hydrogen-bond acceptors (Lipinski definition) is 5. The Morgan fingerprint density at radius 2 is 1.88 bits per heavy atom. The van der Waals surface area contributed by atoms with Crippen molar-refractivity contribution in [2.24, 2.45) is 5.41 Å². The molecule has 1 aromatic carbocycles. The summed E-state index contributed by atoms with van der Waals surface area (Å²) in [5.74, 6) is 2.52. The zero-order chi connectivity index (χ0) is 24.0. The highest BCUT2D eigenvalue weighted by molar-refractivity contribution is 6.31. The molecule has 0 radical (unpaired) electrons. The highest BCUT2D eigenvalue weighted by atomic mass is 35.5. The van der Waals surface area contributed by atoms with Crippen molar-refractivity contribution in [3.8, 4) is 0 Å². The van der Waals surface area contributed by atoms with Gasteiger partial charge in [0.25, 0.3) is 0 Å². The van der Waals surface area contributed by atoms with E-state index in [0.717, 1.165) is 54.3 Å². The molecule has 1 aliphatic heterocycles. The van der Waals surface area contributed by atoms with E-state index in [-0.39, 0.29) is 17.4 Å². The highest BCUT2D eigenvalue weighted by Gasteiger charge is 2.32. The summed E-state index contributed by atoms with van der Waals surface area (Å²) in [6.45, 7) is 10.6. The molecule has 2 fully saturated rings. The van der Waals surface area contributed by atoms with E-state index in [0.29, 0.717) is 23.9 Å². The third kappa shape index (κ3) is 4.47. The number of carbonyl (C=O) groups is 1. The molecule has 5 rings (SSSR count). The van der Waals surface area contributed by atoms with Gasteiger partial charge in [-0.2, -0.15) is 0 Å². The van der Waals surface area contributed by atoms with Crippen LogP contribution in [0.15, 0.2) is 18.2 Å². The van der Waals surface area contributed by atoms with Crippen molar-refractivity contribution in [1.82, 2.24) is 24.5 Å². The number of aromatic nitrogens is 4. The Balaban J connectivity index is 1.54. The summed E-state index contributed by atoms with van der Waals surface area (Å²) in [5, 5.41) is 11.0. The second-order valence-electron chi connectivity index (χ2n) is 11.2. The summed E-state index contributed by atoms with van der Waals surface area (Å²) in [5.41, 5.74) is 1.66. The van der Waals surface area contributed by atoms with E-state index in [1.54, 1.807) is 0 Å². The second-order valence-corrected chi connectivity index (χ2v) is 11.7. The van der Waals surface area contributed by atoms with Crippen LogP contribution in [0.25, 0.3) is 16.6 Å². The number of anilines is 1. The van der Waals surface area contributed by atoms with E-state index in [4.69, 9.17) is 21.7 Å². The number of fused-ring (bicyclic) bond motifs is 3. The Labute approximate surface area is 206 Å². The molecule has 0 bridgehead atoms. The van der Waals surface area contributed by atoms with Gasteiger partial charge in [-0.05, 0) is 43.4 Å². The average molecular weight is 483 g/mol. The lowest BCUT2D eigenvalue weighted by Crippen LogP contribution is -2.55. The van der Waals surface area contributed by atoms with Crippen LogP contribution in [0.2, 0.25) is 5.02 Å². The van der Waals surface area contributed by atoms with Gasteiger partial charge in [-0.1, -0.05) is 51.6 Å². The first-order valence-electron chi connectivity index (χ1n) is 12.6. The van der Waals surface area contributed by atoms with Crippen LogP contribution in [0.5, 0.6) is 0 Å². The number of piperazine rings is 1. The smallest absolute Gasteiger partial charge is 0.223 e. The predicted molar refractivity (Wildman–Crippen MR) is 137 cm³/mol. The summed E-state index contributed by atoms with van der Waals surface area (Å²) in [6, 6.07) is 5.89. The molecule has 2 aromatic heterocycles. The molecule has 3 aromatic rings. The van der Waals surface area contributed by atoms with Crippen LogP contribution < -0.4 is 4.90 Å². The van der Waals surface area contributed by atoms with Crippen molar-refractivity contribution in [2.75, 3.05) is 24.5 Å². The van der Waals surface area contributed by atoms with Crippen LogP contribution in [-0.4, -0.2) is 56.1 Å². The summed E-state index contributed by atoms with van der Waals surface area (Å²) in [4.78, 5) is 22.4. The van der Waals surface area contributed by atoms with Crippen molar-refractivity contribution in [3.63, 3.8) is 0 Å². The molecule has 1 amide bonds. The van der Waals surface area contributed by atoms with Gasteiger partial charge in [-0.15, -0.1) is 10.2 Å². The fourth-order valence-corrected chi connectivity index (χ4v) is 5.68. The van der Waals surface area contributed by atoms with Crippen LogP contribution in [0, 0.1) is 5.41 Å². The van der Waals surface area contributed by atoms with Crippen LogP contribution in [-0.2, 0) is 4.79 Å². The zero-order valence-corrected chi connectivity index (χ0v) is 21.5. The van der Waals surface area contributed by atoms with E-state index in [2.05, 4.69) is 42.1 Å². The van der Waals surface area contributed by atoms with E-state index in [9.17, 15) is 4.79 Å². The normalized spacial score (nSPS) is 20.4. The standard InChI is InChI=1S/C26H35ClN6O/c1-17-16-31(12-13-32(17)22(34)15-26(2,3)4)25-28-21-14-19(27)10-11-20(21)24-30-29-23(33(24)25)18-8-6-5-7-9-18/h10-11,14,17-18H,5-9,12-13,15-16H2,1-4H3/t17-/m0/s1. The Morgan fingerprint density at radius 1 is 1.12 bits per heavy atom. The minimum atomic E-state index is -0.0172. The van der Waals surface area contributed by atoms with E-state index in [1.165, 1.54) is 19.3 Å². The second kappa shape index (κ2) is 8.99. The maximum Gasteiger partial charge on any atom is 0.223 e. The predicted octanol–water partition coefficient (Wildman–Crippen LogP) is 5.45. The monoisotopic (exact) mass is 482 g/mol. The van der Waals surface area contributed by atoms with Crippen LogP contribution >= 0.6 is 11.6 Å². The van der Waals surface area contributed by atoms with E-state index < -0.39 is 0 Å². The average Bonchev–Trinajstić information content (AvgIpc) is 3.23. The quantitative estimate of drug-likeness (QED) is 0.496. The van der Waals surface area contributed by atoms with Gasteiger partial charge in [0.15, 0.2) is 5.65 Å². The molecular formula is C26H35ClN6O.